The lowest BCUT2D eigenvalue weighted by atomic mass is 9.85. The lowest BCUT2D eigenvalue weighted by Crippen LogP contribution is -2.15. The maximum atomic E-state index is 4.36. The van der Waals surface area contributed by atoms with E-state index in [4.69, 9.17) is 0 Å². The average molecular weight is 255 g/mol. The smallest absolute Gasteiger partial charge is 0.164 e. The van der Waals surface area contributed by atoms with E-state index in [1.54, 1.807) is 5.56 Å². The standard InChI is InChI=1S/C16H21N3/c1-16(2,3)13-8-12-11(10-4-5-10)6-7-14(12)19-9-17-18-15(13)19/h8-11H,4-7H2,1-3H3. The zero-order valence-corrected chi connectivity index (χ0v) is 12.0. The van der Waals surface area contributed by atoms with E-state index >= 15 is 0 Å². The van der Waals surface area contributed by atoms with Crippen LogP contribution < -0.4 is 0 Å². The predicted molar refractivity (Wildman–Crippen MR) is 75.5 cm³/mol. The van der Waals surface area contributed by atoms with Crippen LogP contribution in [-0.2, 0) is 11.8 Å². The van der Waals surface area contributed by atoms with Gasteiger partial charge in [-0.05, 0) is 54.6 Å². The zero-order valence-electron chi connectivity index (χ0n) is 12.0. The van der Waals surface area contributed by atoms with Gasteiger partial charge in [-0.25, -0.2) is 0 Å². The third-order valence-corrected chi connectivity index (χ3v) is 4.80. The van der Waals surface area contributed by atoms with E-state index < -0.39 is 0 Å². The first-order valence-corrected chi connectivity index (χ1v) is 7.41. The topological polar surface area (TPSA) is 30.2 Å². The number of pyridine rings is 1. The molecule has 2 aromatic heterocycles. The van der Waals surface area contributed by atoms with E-state index in [9.17, 15) is 0 Å². The molecule has 2 aliphatic carbocycles. The Kier molecular flexibility index (Phi) is 2.16. The molecule has 1 unspecified atom stereocenters. The molecule has 0 saturated heterocycles. The molecule has 0 aromatic carbocycles. The molecule has 1 saturated carbocycles. The predicted octanol–water partition coefficient (Wildman–Crippen LogP) is 3.47. The molecule has 0 N–H and O–H groups in total. The summed E-state index contributed by atoms with van der Waals surface area (Å²) in [6, 6.07) is 2.44. The third kappa shape index (κ3) is 1.63. The number of fused-ring (bicyclic) bond motifs is 3. The number of nitrogens with zero attached hydrogens (tertiary/aromatic N) is 3. The second kappa shape index (κ2) is 3.59. The van der Waals surface area contributed by atoms with Gasteiger partial charge in [-0.3, -0.25) is 4.40 Å². The summed E-state index contributed by atoms with van der Waals surface area (Å²) in [5.74, 6) is 1.74. The fraction of sp³-hybridized carbons (Fsp3) is 0.625. The summed E-state index contributed by atoms with van der Waals surface area (Å²) in [5.41, 5.74) is 5.57. The number of aryl methyl sites for hydroxylation is 1. The van der Waals surface area contributed by atoms with Crippen molar-refractivity contribution in [2.24, 2.45) is 5.92 Å². The Morgan fingerprint density at radius 1 is 1.21 bits per heavy atom. The van der Waals surface area contributed by atoms with Crippen LogP contribution in [0.25, 0.3) is 5.65 Å². The van der Waals surface area contributed by atoms with Gasteiger partial charge in [-0.15, -0.1) is 10.2 Å². The van der Waals surface area contributed by atoms with E-state index in [2.05, 4.69) is 41.4 Å². The van der Waals surface area contributed by atoms with E-state index in [1.165, 1.54) is 36.9 Å². The number of hydrogen-bond acceptors (Lipinski definition) is 2. The molecule has 1 atom stereocenters. The molecule has 0 amide bonds. The van der Waals surface area contributed by atoms with Crippen molar-refractivity contribution in [1.82, 2.24) is 14.6 Å². The van der Waals surface area contributed by atoms with Gasteiger partial charge in [0, 0.05) is 11.3 Å². The molecule has 19 heavy (non-hydrogen) atoms. The summed E-state index contributed by atoms with van der Waals surface area (Å²) in [7, 11) is 0. The quantitative estimate of drug-likeness (QED) is 0.781. The van der Waals surface area contributed by atoms with Gasteiger partial charge in [0.25, 0.3) is 0 Å². The summed E-state index contributed by atoms with van der Waals surface area (Å²) < 4.78 is 2.25. The summed E-state index contributed by atoms with van der Waals surface area (Å²) in [6.07, 6.45) is 7.26. The maximum absolute atomic E-state index is 4.36. The average Bonchev–Trinajstić information content (AvgIpc) is 2.90. The molecule has 2 aromatic rings. The third-order valence-electron chi connectivity index (χ3n) is 4.80. The first-order chi connectivity index (χ1) is 9.05. The Morgan fingerprint density at radius 2 is 2.00 bits per heavy atom. The van der Waals surface area contributed by atoms with E-state index in [1.807, 2.05) is 6.33 Å². The van der Waals surface area contributed by atoms with E-state index in [0.717, 1.165) is 17.5 Å². The lowest BCUT2D eigenvalue weighted by molar-refractivity contribution is 0.581. The molecule has 0 aliphatic heterocycles. The number of aromatic nitrogens is 3. The highest BCUT2D eigenvalue weighted by atomic mass is 15.2. The van der Waals surface area contributed by atoms with Gasteiger partial charge in [0.05, 0.1) is 0 Å². The Morgan fingerprint density at radius 3 is 2.68 bits per heavy atom. The summed E-state index contributed by atoms with van der Waals surface area (Å²) in [4.78, 5) is 0. The molecule has 100 valence electrons. The molecule has 3 nitrogen and oxygen atoms in total. The minimum Gasteiger partial charge on any atom is -0.285 e. The van der Waals surface area contributed by atoms with Crippen molar-refractivity contribution in [2.75, 3.05) is 0 Å². The zero-order chi connectivity index (χ0) is 13.2. The fourth-order valence-corrected chi connectivity index (χ4v) is 3.63. The lowest BCUT2D eigenvalue weighted by Gasteiger charge is -2.22. The summed E-state index contributed by atoms with van der Waals surface area (Å²) >= 11 is 0. The first kappa shape index (κ1) is 11.4. The minimum absolute atomic E-state index is 0.125. The van der Waals surface area contributed by atoms with Crippen molar-refractivity contribution in [3.8, 4) is 0 Å². The number of rotatable bonds is 1. The highest BCUT2D eigenvalue weighted by Gasteiger charge is 2.38. The monoisotopic (exact) mass is 255 g/mol. The van der Waals surface area contributed by atoms with E-state index in [0.29, 0.717) is 0 Å². The van der Waals surface area contributed by atoms with Crippen molar-refractivity contribution in [3.63, 3.8) is 0 Å². The molecule has 4 rings (SSSR count). The van der Waals surface area contributed by atoms with Crippen LogP contribution in [0.4, 0.5) is 0 Å². The van der Waals surface area contributed by atoms with E-state index in [-0.39, 0.29) is 5.41 Å². The van der Waals surface area contributed by atoms with Gasteiger partial charge in [0.2, 0.25) is 0 Å². The summed E-state index contributed by atoms with van der Waals surface area (Å²) in [6.45, 7) is 6.81. The van der Waals surface area contributed by atoms with Crippen LogP contribution in [0.15, 0.2) is 12.4 Å². The van der Waals surface area contributed by atoms with Crippen molar-refractivity contribution < 1.29 is 0 Å². The van der Waals surface area contributed by atoms with Crippen molar-refractivity contribution >= 4 is 5.65 Å². The van der Waals surface area contributed by atoms with Crippen molar-refractivity contribution in [1.29, 1.82) is 0 Å². The van der Waals surface area contributed by atoms with Gasteiger partial charge >= 0.3 is 0 Å². The van der Waals surface area contributed by atoms with Gasteiger partial charge in [0.1, 0.15) is 6.33 Å². The Bertz CT molecular complexity index is 644. The van der Waals surface area contributed by atoms with Crippen molar-refractivity contribution in [2.45, 2.75) is 57.8 Å². The van der Waals surface area contributed by atoms with Gasteiger partial charge < -0.3 is 0 Å². The molecule has 2 aliphatic rings. The minimum atomic E-state index is 0.125. The first-order valence-electron chi connectivity index (χ1n) is 7.41. The van der Waals surface area contributed by atoms with Gasteiger partial charge in [-0.2, -0.15) is 0 Å². The molecular weight excluding hydrogens is 234 g/mol. The largest absolute Gasteiger partial charge is 0.285 e. The SMILES string of the molecule is CC(C)(C)c1cc2c(n3cnnc13)CCC2C1CC1. The van der Waals surface area contributed by atoms with Crippen molar-refractivity contribution in [3.05, 3.63) is 29.2 Å². The maximum Gasteiger partial charge on any atom is 0.164 e. The molecular formula is C16H21N3. The second-order valence-corrected chi connectivity index (χ2v) is 7.22. The molecule has 0 radical (unpaired) electrons. The number of hydrogen-bond donors (Lipinski definition) is 0. The fourth-order valence-electron chi connectivity index (χ4n) is 3.63. The highest BCUT2D eigenvalue weighted by Crippen LogP contribution is 2.50. The Hall–Kier alpha value is -1.38. The molecule has 1 fully saturated rings. The van der Waals surface area contributed by atoms with Gasteiger partial charge in [-0.1, -0.05) is 20.8 Å². The van der Waals surface area contributed by atoms with Gasteiger partial charge in [0.15, 0.2) is 5.65 Å². The van der Waals surface area contributed by atoms with Crippen LogP contribution in [0, 0.1) is 5.92 Å². The van der Waals surface area contributed by atoms with Crippen LogP contribution in [0.3, 0.4) is 0 Å². The summed E-state index contributed by atoms with van der Waals surface area (Å²) in [5, 5.41) is 8.51. The van der Waals surface area contributed by atoms with Crippen LogP contribution in [0.5, 0.6) is 0 Å². The normalized spacial score (nSPS) is 23.0. The van der Waals surface area contributed by atoms with Crippen LogP contribution >= 0.6 is 0 Å². The molecule has 3 heteroatoms. The highest BCUT2D eigenvalue weighted by molar-refractivity contribution is 5.55. The molecule has 0 spiro atoms. The van der Waals surface area contributed by atoms with Crippen LogP contribution in [0.1, 0.15) is 62.8 Å². The second-order valence-electron chi connectivity index (χ2n) is 7.22. The van der Waals surface area contributed by atoms with Crippen LogP contribution in [-0.4, -0.2) is 14.6 Å². The Balaban J connectivity index is 1.98. The molecule has 0 bridgehead atoms. The molecule has 2 heterocycles. The van der Waals surface area contributed by atoms with Crippen LogP contribution in [0.2, 0.25) is 0 Å². The Labute approximate surface area is 114 Å².